The van der Waals surface area contributed by atoms with Crippen molar-refractivity contribution >= 4 is 18.1 Å². The number of nitrogens with zero attached hydrogens (tertiary/aromatic N) is 1. The number of hydrogen-bond acceptors (Lipinski definition) is 3. The largest absolute Gasteiger partial charge is 0.478 e. The molecule has 5 heteroatoms. The number of aliphatic carboxylic acids is 1. The Balaban J connectivity index is 2.02. The van der Waals surface area contributed by atoms with Crippen LogP contribution in [0.1, 0.15) is 37.8 Å². The Bertz CT molecular complexity index is 595. The number of amides is 1. The van der Waals surface area contributed by atoms with E-state index in [2.05, 4.69) is 0 Å². The van der Waals surface area contributed by atoms with Crippen LogP contribution in [0.15, 0.2) is 30.3 Å². The molecule has 0 saturated carbocycles. The molecule has 1 heterocycles. The van der Waals surface area contributed by atoms with Gasteiger partial charge in [-0.05, 0) is 38.0 Å². The number of hydrogen-bond donors (Lipinski definition) is 1. The molecule has 1 aromatic carbocycles. The van der Waals surface area contributed by atoms with Gasteiger partial charge in [-0.3, -0.25) is 0 Å². The average Bonchev–Trinajstić information content (AvgIpc) is 2.33. The van der Waals surface area contributed by atoms with Crippen LogP contribution in [0.2, 0.25) is 0 Å². The molecule has 22 heavy (non-hydrogen) atoms. The van der Waals surface area contributed by atoms with E-state index in [9.17, 15) is 9.59 Å². The SMILES string of the molecule is CC(C)(C)OC(=O)N1CC(c2ccccc2C=CC(=O)O)C1. The van der Waals surface area contributed by atoms with E-state index < -0.39 is 11.6 Å². The van der Waals surface area contributed by atoms with Gasteiger partial charge in [0.15, 0.2) is 0 Å². The molecule has 1 aromatic rings. The zero-order valence-electron chi connectivity index (χ0n) is 13.1. The van der Waals surface area contributed by atoms with Gasteiger partial charge in [0.2, 0.25) is 0 Å². The molecule has 0 unspecified atom stereocenters. The van der Waals surface area contributed by atoms with E-state index in [1.807, 2.05) is 45.0 Å². The summed E-state index contributed by atoms with van der Waals surface area (Å²) < 4.78 is 5.33. The molecule has 1 fully saturated rings. The number of carbonyl (C=O) groups excluding carboxylic acids is 1. The quantitative estimate of drug-likeness (QED) is 0.871. The molecule has 0 aliphatic carbocycles. The van der Waals surface area contributed by atoms with Gasteiger partial charge in [0.1, 0.15) is 5.60 Å². The minimum Gasteiger partial charge on any atom is -0.478 e. The molecule has 1 aliphatic heterocycles. The second kappa shape index (κ2) is 6.22. The van der Waals surface area contributed by atoms with Crippen LogP contribution in [0, 0.1) is 0 Å². The highest BCUT2D eigenvalue weighted by Crippen LogP contribution is 2.31. The highest BCUT2D eigenvalue weighted by molar-refractivity contribution is 5.85. The number of ether oxygens (including phenoxy) is 1. The highest BCUT2D eigenvalue weighted by atomic mass is 16.6. The van der Waals surface area contributed by atoms with Crippen molar-refractivity contribution in [3.05, 3.63) is 41.5 Å². The minimum atomic E-state index is -0.973. The van der Waals surface area contributed by atoms with Crippen LogP contribution in [0.3, 0.4) is 0 Å². The summed E-state index contributed by atoms with van der Waals surface area (Å²) in [6.07, 6.45) is 2.42. The number of benzene rings is 1. The lowest BCUT2D eigenvalue weighted by Gasteiger charge is -2.40. The summed E-state index contributed by atoms with van der Waals surface area (Å²) in [5.74, 6) is -0.763. The van der Waals surface area contributed by atoms with Crippen molar-refractivity contribution in [3.8, 4) is 0 Å². The summed E-state index contributed by atoms with van der Waals surface area (Å²) in [5, 5.41) is 8.74. The van der Waals surface area contributed by atoms with Crippen LogP contribution in [0.25, 0.3) is 6.08 Å². The van der Waals surface area contributed by atoms with Crippen molar-refractivity contribution in [2.45, 2.75) is 32.3 Å². The molecular formula is C17H21NO4. The Labute approximate surface area is 130 Å². The normalized spacial score (nSPS) is 15.7. The van der Waals surface area contributed by atoms with Crippen molar-refractivity contribution in [1.82, 2.24) is 4.90 Å². The third kappa shape index (κ3) is 4.10. The molecule has 118 valence electrons. The third-order valence-electron chi connectivity index (χ3n) is 3.37. The van der Waals surface area contributed by atoms with Crippen LogP contribution in [-0.4, -0.2) is 40.8 Å². The molecule has 1 N–H and O–H groups in total. The molecule has 0 atom stereocenters. The summed E-state index contributed by atoms with van der Waals surface area (Å²) in [5.41, 5.74) is 1.43. The topological polar surface area (TPSA) is 66.8 Å². The smallest absolute Gasteiger partial charge is 0.410 e. The molecule has 0 spiro atoms. The molecule has 2 rings (SSSR count). The van der Waals surface area contributed by atoms with Gasteiger partial charge < -0.3 is 14.7 Å². The van der Waals surface area contributed by atoms with Crippen LogP contribution < -0.4 is 0 Å². The highest BCUT2D eigenvalue weighted by Gasteiger charge is 2.35. The summed E-state index contributed by atoms with van der Waals surface area (Å²) in [6, 6.07) is 7.64. The Morgan fingerprint density at radius 1 is 1.27 bits per heavy atom. The number of rotatable bonds is 3. The average molecular weight is 303 g/mol. The van der Waals surface area contributed by atoms with E-state index in [4.69, 9.17) is 9.84 Å². The molecule has 1 aliphatic rings. The predicted molar refractivity (Wildman–Crippen MR) is 83.7 cm³/mol. The van der Waals surface area contributed by atoms with E-state index in [0.717, 1.165) is 17.2 Å². The van der Waals surface area contributed by atoms with Gasteiger partial charge in [0.25, 0.3) is 0 Å². The van der Waals surface area contributed by atoms with Crippen LogP contribution in [-0.2, 0) is 9.53 Å². The van der Waals surface area contributed by atoms with Gasteiger partial charge in [-0.1, -0.05) is 24.3 Å². The fourth-order valence-corrected chi connectivity index (χ4v) is 2.35. The number of carboxylic acids is 1. The van der Waals surface area contributed by atoms with Gasteiger partial charge in [0.05, 0.1) is 0 Å². The predicted octanol–water partition coefficient (Wildman–Crippen LogP) is 3.12. The molecule has 0 aromatic heterocycles. The van der Waals surface area contributed by atoms with E-state index in [1.165, 1.54) is 0 Å². The van der Waals surface area contributed by atoms with Crippen LogP contribution in [0.4, 0.5) is 4.79 Å². The van der Waals surface area contributed by atoms with Crippen molar-refractivity contribution in [2.24, 2.45) is 0 Å². The maximum atomic E-state index is 11.9. The maximum Gasteiger partial charge on any atom is 0.410 e. The Morgan fingerprint density at radius 2 is 1.91 bits per heavy atom. The van der Waals surface area contributed by atoms with E-state index in [1.54, 1.807) is 11.0 Å². The van der Waals surface area contributed by atoms with Crippen LogP contribution >= 0.6 is 0 Å². The van der Waals surface area contributed by atoms with E-state index >= 15 is 0 Å². The maximum absolute atomic E-state index is 11.9. The fourth-order valence-electron chi connectivity index (χ4n) is 2.35. The second-order valence-corrected chi connectivity index (χ2v) is 6.38. The standard InChI is InChI=1S/C17H21NO4/c1-17(2,3)22-16(21)18-10-13(11-18)14-7-5-4-6-12(14)8-9-15(19)20/h4-9,13H,10-11H2,1-3H3,(H,19,20). The number of likely N-dealkylation sites (tertiary alicyclic amines) is 1. The van der Waals surface area contributed by atoms with Crippen molar-refractivity contribution in [3.63, 3.8) is 0 Å². The number of carbonyl (C=O) groups is 2. The first-order chi connectivity index (χ1) is 10.3. The first-order valence-corrected chi connectivity index (χ1v) is 7.24. The third-order valence-corrected chi connectivity index (χ3v) is 3.37. The Kier molecular flexibility index (Phi) is 4.54. The van der Waals surface area contributed by atoms with Crippen molar-refractivity contribution in [2.75, 3.05) is 13.1 Å². The Morgan fingerprint density at radius 3 is 2.50 bits per heavy atom. The zero-order chi connectivity index (χ0) is 16.3. The second-order valence-electron chi connectivity index (χ2n) is 6.38. The van der Waals surface area contributed by atoms with Gasteiger partial charge in [0, 0.05) is 25.1 Å². The molecule has 5 nitrogen and oxygen atoms in total. The summed E-state index contributed by atoms with van der Waals surface area (Å²) in [7, 11) is 0. The number of carboxylic acid groups (broad SMARTS) is 1. The first-order valence-electron chi connectivity index (χ1n) is 7.24. The first kappa shape index (κ1) is 16.1. The minimum absolute atomic E-state index is 0.210. The Hall–Kier alpha value is -2.30. The van der Waals surface area contributed by atoms with E-state index in [0.29, 0.717) is 13.1 Å². The lowest BCUT2D eigenvalue weighted by atomic mass is 9.88. The van der Waals surface area contributed by atoms with Gasteiger partial charge in [-0.15, -0.1) is 0 Å². The van der Waals surface area contributed by atoms with Crippen LogP contribution in [0.5, 0.6) is 0 Å². The van der Waals surface area contributed by atoms with Gasteiger partial charge in [-0.2, -0.15) is 0 Å². The van der Waals surface area contributed by atoms with E-state index in [-0.39, 0.29) is 12.0 Å². The molecule has 0 bridgehead atoms. The summed E-state index contributed by atoms with van der Waals surface area (Å²) in [6.45, 7) is 6.70. The zero-order valence-corrected chi connectivity index (χ0v) is 13.1. The van der Waals surface area contributed by atoms with Crippen molar-refractivity contribution < 1.29 is 19.4 Å². The summed E-state index contributed by atoms with van der Waals surface area (Å²) >= 11 is 0. The molecular weight excluding hydrogens is 282 g/mol. The van der Waals surface area contributed by atoms with Gasteiger partial charge in [-0.25, -0.2) is 9.59 Å². The molecule has 1 saturated heterocycles. The monoisotopic (exact) mass is 303 g/mol. The molecule has 0 radical (unpaired) electrons. The van der Waals surface area contributed by atoms with Crippen molar-refractivity contribution in [1.29, 1.82) is 0 Å². The lowest BCUT2D eigenvalue weighted by molar-refractivity contribution is -0.131. The summed E-state index contributed by atoms with van der Waals surface area (Å²) in [4.78, 5) is 24.2. The lowest BCUT2D eigenvalue weighted by Crippen LogP contribution is -2.50. The molecule has 1 amide bonds. The fraction of sp³-hybridized carbons (Fsp3) is 0.412. The van der Waals surface area contributed by atoms with Gasteiger partial charge >= 0.3 is 12.1 Å².